The van der Waals surface area contributed by atoms with Crippen LogP contribution in [0.15, 0.2) is 0 Å². The van der Waals surface area contributed by atoms with E-state index in [2.05, 4.69) is 13.8 Å². The minimum Gasteiger partial charge on any atom is -0.360 e. The number of rotatable bonds is 1. The van der Waals surface area contributed by atoms with E-state index in [1.165, 1.54) is 0 Å². The minimum atomic E-state index is -0.426. The van der Waals surface area contributed by atoms with Crippen molar-refractivity contribution < 1.29 is 9.53 Å². The molecule has 2 aliphatic heterocycles. The molecule has 12 heavy (non-hydrogen) atoms. The van der Waals surface area contributed by atoms with Gasteiger partial charge < -0.3 is 4.74 Å². The number of hydrogen-bond acceptors (Lipinski definition) is 2. The summed E-state index contributed by atoms with van der Waals surface area (Å²) in [7, 11) is 0. The maximum Gasteiger partial charge on any atom is 0.167 e. The molecule has 2 nitrogen and oxygen atoms in total. The first-order valence-corrected chi connectivity index (χ1v) is 4.72. The first kappa shape index (κ1) is 8.24. The number of ether oxygens (including phenoxy) is 1. The van der Waals surface area contributed by atoms with Crippen molar-refractivity contribution in [2.45, 2.75) is 51.2 Å². The molecule has 0 aromatic rings. The Morgan fingerprint density at radius 3 is 2.33 bits per heavy atom. The van der Waals surface area contributed by atoms with Crippen LogP contribution in [0.2, 0.25) is 0 Å². The van der Waals surface area contributed by atoms with Gasteiger partial charge in [0.25, 0.3) is 0 Å². The summed E-state index contributed by atoms with van der Waals surface area (Å²) < 4.78 is 5.87. The summed E-state index contributed by atoms with van der Waals surface area (Å²) in [6, 6.07) is 0. The molecule has 2 unspecified atom stereocenters. The maximum absolute atomic E-state index is 11.5. The zero-order chi connectivity index (χ0) is 8.98. The molecule has 2 rings (SSSR count). The van der Waals surface area contributed by atoms with Crippen molar-refractivity contribution in [2.24, 2.45) is 5.92 Å². The zero-order valence-corrected chi connectivity index (χ0v) is 8.02. The number of Topliss-reactive ketones (excluding diaryl/α,β-unsaturated/α-hetero) is 1. The van der Waals surface area contributed by atoms with Gasteiger partial charge in [0.2, 0.25) is 0 Å². The summed E-state index contributed by atoms with van der Waals surface area (Å²) in [6.45, 7) is 6.22. The highest BCUT2D eigenvalue weighted by Crippen LogP contribution is 2.51. The highest BCUT2D eigenvalue weighted by atomic mass is 16.5. The normalized spacial score (nSPS) is 46.2. The van der Waals surface area contributed by atoms with Crippen molar-refractivity contribution in [3.8, 4) is 0 Å². The Balaban J connectivity index is 2.31. The standard InChI is InChI=1S/C10H16O2/c1-7(2)10-5-4-9(3,12-10)8(11)6-10/h7H,4-6H2,1-3H3. The van der Waals surface area contributed by atoms with Crippen LogP contribution in [0.4, 0.5) is 0 Å². The van der Waals surface area contributed by atoms with Crippen molar-refractivity contribution in [2.75, 3.05) is 0 Å². The highest BCUT2D eigenvalue weighted by Gasteiger charge is 2.59. The molecule has 0 amide bonds. The molecular weight excluding hydrogens is 152 g/mol. The van der Waals surface area contributed by atoms with Gasteiger partial charge in [-0.2, -0.15) is 0 Å². The second kappa shape index (κ2) is 2.11. The molecule has 2 atom stereocenters. The van der Waals surface area contributed by atoms with Crippen molar-refractivity contribution in [1.29, 1.82) is 0 Å². The average Bonchev–Trinajstić information content (AvgIpc) is 2.41. The van der Waals surface area contributed by atoms with E-state index in [4.69, 9.17) is 4.74 Å². The van der Waals surface area contributed by atoms with Crippen LogP contribution < -0.4 is 0 Å². The Morgan fingerprint density at radius 1 is 1.42 bits per heavy atom. The number of ketones is 1. The highest BCUT2D eigenvalue weighted by molar-refractivity contribution is 5.91. The Kier molecular flexibility index (Phi) is 1.45. The van der Waals surface area contributed by atoms with E-state index in [-0.39, 0.29) is 5.60 Å². The van der Waals surface area contributed by atoms with Gasteiger partial charge in [0, 0.05) is 6.42 Å². The van der Waals surface area contributed by atoms with E-state index < -0.39 is 5.60 Å². The Hall–Kier alpha value is -0.370. The fourth-order valence-corrected chi connectivity index (χ4v) is 2.39. The largest absolute Gasteiger partial charge is 0.360 e. The SMILES string of the molecule is CC(C)C12CCC(C)(O1)C(=O)C2. The van der Waals surface area contributed by atoms with Gasteiger partial charge >= 0.3 is 0 Å². The van der Waals surface area contributed by atoms with Crippen LogP contribution in [0.25, 0.3) is 0 Å². The molecule has 0 aliphatic carbocycles. The molecule has 0 N–H and O–H groups in total. The van der Waals surface area contributed by atoms with Crippen LogP contribution in [-0.2, 0) is 9.53 Å². The van der Waals surface area contributed by atoms with Crippen molar-refractivity contribution >= 4 is 5.78 Å². The molecule has 68 valence electrons. The molecule has 2 bridgehead atoms. The zero-order valence-electron chi connectivity index (χ0n) is 8.02. The quantitative estimate of drug-likeness (QED) is 0.598. The molecule has 2 saturated heterocycles. The summed E-state index contributed by atoms with van der Waals surface area (Å²) in [4.78, 5) is 11.5. The van der Waals surface area contributed by atoms with Gasteiger partial charge in [0.05, 0.1) is 5.60 Å². The molecule has 0 spiro atoms. The number of carbonyl (C=O) groups excluding carboxylic acids is 1. The molecule has 0 aromatic heterocycles. The lowest BCUT2D eigenvalue weighted by atomic mass is 9.77. The van der Waals surface area contributed by atoms with Crippen LogP contribution >= 0.6 is 0 Å². The third-order valence-corrected chi connectivity index (χ3v) is 3.56. The fourth-order valence-electron chi connectivity index (χ4n) is 2.39. The average molecular weight is 168 g/mol. The van der Waals surface area contributed by atoms with Crippen LogP contribution in [0.3, 0.4) is 0 Å². The van der Waals surface area contributed by atoms with E-state index in [9.17, 15) is 4.79 Å². The van der Waals surface area contributed by atoms with Gasteiger partial charge in [0.15, 0.2) is 5.78 Å². The van der Waals surface area contributed by atoms with Gasteiger partial charge in [-0.15, -0.1) is 0 Å². The summed E-state index contributed by atoms with van der Waals surface area (Å²) >= 11 is 0. The van der Waals surface area contributed by atoms with E-state index in [0.29, 0.717) is 18.1 Å². The second-order valence-electron chi connectivity index (χ2n) is 4.65. The molecule has 0 aromatic carbocycles. The molecular formula is C10H16O2. The predicted molar refractivity (Wildman–Crippen MR) is 45.9 cm³/mol. The molecule has 0 radical (unpaired) electrons. The predicted octanol–water partition coefficient (Wildman–Crippen LogP) is 1.92. The Bertz CT molecular complexity index is 234. The van der Waals surface area contributed by atoms with Gasteiger partial charge in [-0.3, -0.25) is 4.79 Å². The number of carbonyl (C=O) groups is 1. The van der Waals surface area contributed by atoms with E-state index in [0.717, 1.165) is 12.8 Å². The summed E-state index contributed by atoms with van der Waals surface area (Å²) in [5.41, 5.74) is -0.532. The molecule has 2 aliphatic rings. The lowest BCUT2D eigenvalue weighted by Crippen LogP contribution is -2.33. The summed E-state index contributed by atoms with van der Waals surface area (Å²) in [6.07, 6.45) is 2.62. The number of fused-ring (bicyclic) bond motifs is 2. The van der Waals surface area contributed by atoms with Gasteiger partial charge in [-0.25, -0.2) is 0 Å². The van der Waals surface area contributed by atoms with Crippen LogP contribution in [0.5, 0.6) is 0 Å². The summed E-state index contributed by atoms with van der Waals surface area (Å²) in [5.74, 6) is 0.772. The topological polar surface area (TPSA) is 26.3 Å². The van der Waals surface area contributed by atoms with Crippen molar-refractivity contribution in [3.05, 3.63) is 0 Å². The van der Waals surface area contributed by atoms with Gasteiger partial charge in [-0.1, -0.05) is 13.8 Å². The lowest BCUT2D eigenvalue weighted by Gasteiger charge is -2.27. The van der Waals surface area contributed by atoms with E-state index in [1.807, 2.05) is 6.92 Å². The second-order valence-corrected chi connectivity index (χ2v) is 4.65. The molecule has 2 heterocycles. The van der Waals surface area contributed by atoms with Crippen LogP contribution in [0.1, 0.15) is 40.0 Å². The summed E-state index contributed by atoms with van der Waals surface area (Å²) in [5, 5.41) is 0. The third kappa shape index (κ3) is 0.817. The monoisotopic (exact) mass is 168 g/mol. The molecule has 2 fully saturated rings. The smallest absolute Gasteiger partial charge is 0.167 e. The van der Waals surface area contributed by atoms with E-state index >= 15 is 0 Å². The minimum absolute atomic E-state index is 0.105. The number of hydrogen-bond donors (Lipinski definition) is 0. The fraction of sp³-hybridized carbons (Fsp3) is 0.900. The van der Waals surface area contributed by atoms with Crippen molar-refractivity contribution in [3.63, 3.8) is 0 Å². The Morgan fingerprint density at radius 2 is 2.08 bits per heavy atom. The van der Waals surface area contributed by atoms with Crippen molar-refractivity contribution in [1.82, 2.24) is 0 Å². The van der Waals surface area contributed by atoms with Gasteiger partial charge in [-0.05, 0) is 25.7 Å². The van der Waals surface area contributed by atoms with Crippen LogP contribution in [0, 0.1) is 5.92 Å². The third-order valence-electron chi connectivity index (χ3n) is 3.56. The van der Waals surface area contributed by atoms with E-state index in [1.54, 1.807) is 0 Å². The molecule has 2 heteroatoms. The van der Waals surface area contributed by atoms with Crippen LogP contribution in [-0.4, -0.2) is 17.0 Å². The maximum atomic E-state index is 11.5. The first-order valence-electron chi connectivity index (χ1n) is 4.72. The van der Waals surface area contributed by atoms with Gasteiger partial charge in [0.1, 0.15) is 5.60 Å². The lowest BCUT2D eigenvalue weighted by molar-refractivity contribution is -0.130. The first-order chi connectivity index (χ1) is 5.49. The Labute approximate surface area is 73.3 Å². The molecule has 0 saturated carbocycles.